The van der Waals surface area contributed by atoms with Crippen LogP contribution in [0.4, 0.5) is 5.69 Å². The lowest BCUT2D eigenvalue weighted by atomic mass is 9.78. The van der Waals surface area contributed by atoms with Crippen LogP contribution in [-0.2, 0) is 12.5 Å². The van der Waals surface area contributed by atoms with Gasteiger partial charge in [0.25, 0.3) is 0 Å². The minimum atomic E-state index is 0.256. The van der Waals surface area contributed by atoms with Crippen LogP contribution in [0.15, 0.2) is 54.7 Å². The number of hydrogen-bond acceptors (Lipinski definition) is 2. The molecule has 0 atom stereocenters. The molecule has 0 saturated carbocycles. The molecule has 3 aromatic rings. The van der Waals surface area contributed by atoms with Crippen molar-refractivity contribution in [2.24, 2.45) is 7.05 Å². The van der Waals surface area contributed by atoms with E-state index in [-0.39, 0.29) is 5.41 Å². The first kappa shape index (κ1) is 16.1. The molecule has 0 unspecified atom stereocenters. The molecular weight excluding hydrogens is 308 g/mol. The van der Waals surface area contributed by atoms with E-state index in [1.54, 1.807) is 0 Å². The van der Waals surface area contributed by atoms with E-state index in [9.17, 15) is 0 Å². The minimum absolute atomic E-state index is 0.256. The van der Waals surface area contributed by atoms with Crippen molar-refractivity contribution in [3.63, 3.8) is 0 Å². The number of ether oxygens (including phenoxy) is 1. The second kappa shape index (κ2) is 6.14. The molecule has 2 heterocycles. The highest BCUT2D eigenvalue weighted by molar-refractivity contribution is 5.81. The summed E-state index contributed by atoms with van der Waals surface area (Å²) in [5, 5.41) is 1.23. The predicted octanol–water partition coefficient (Wildman–Crippen LogP) is 4.75. The number of aryl methyl sites for hydroxylation is 1. The standard InChI is InChI=1S/C22H26N2O/c1-22(2)11-13-24(21-7-5-4-6-19(21)22)14-15-25-18-8-9-20-17(16-18)10-12-23(20)3/h4-10,12,16H,11,13-15H2,1-3H3. The maximum atomic E-state index is 6.04. The van der Waals surface area contributed by atoms with Gasteiger partial charge in [-0.05, 0) is 47.7 Å². The molecule has 25 heavy (non-hydrogen) atoms. The molecule has 1 aromatic heterocycles. The van der Waals surface area contributed by atoms with E-state index in [0.717, 1.165) is 18.8 Å². The predicted molar refractivity (Wildman–Crippen MR) is 105 cm³/mol. The van der Waals surface area contributed by atoms with Crippen LogP contribution in [0.5, 0.6) is 5.75 Å². The van der Waals surface area contributed by atoms with Gasteiger partial charge in [0.15, 0.2) is 0 Å². The third-order valence-electron chi connectivity index (χ3n) is 5.47. The van der Waals surface area contributed by atoms with Gasteiger partial charge in [-0.1, -0.05) is 32.0 Å². The molecule has 0 spiro atoms. The molecule has 0 bridgehead atoms. The number of aromatic nitrogens is 1. The normalized spacial score (nSPS) is 16.0. The van der Waals surface area contributed by atoms with Gasteiger partial charge < -0.3 is 14.2 Å². The average Bonchev–Trinajstić information content (AvgIpc) is 2.98. The minimum Gasteiger partial charge on any atom is -0.492 e. The second-order valence-corrected chi connectivity index (χ2v) is 7.63. The Hall–Kier alpha value is -2.42. The third-order valence-corrected chi connectivity index (χ3v) is 5.47. The monoisotopic (exact) mass is 334 g/mol. The van der Waals surface area contributed by atoms with Crippen molar-refractivity contribution in [1.82, 2.24) is 4.57 Å². The SMILES string of the molecule is Cn1ccc2cc(OCCN3CCC(C)(C)c4ccccc43)ccc21. The lowest BCUT2D eigenvalue weighted by Crippen LogP contribution is -2.39. The van der Waals surface area contributed by atoms with Crippen molar-refractivity contribution >= 4 is 16.6 Å². The number of fused-ring (bicyclic) bond motifs is 2. The first-order valence-corrected chi connectivity index (χ1v) is 9.07. The Bertz CT molecular complexity index is 894. The van der Waals surface area contributed by atoms with Crippen LogP contribution in [0.25, 0.3) is 10.9 Å². The van der Waals surface area contributed by atoms with E-state index in [2.05, 4.69) is 85.1 Å². The fourth-order valence-electron chi connectivity index (χ4n) is 3.85. The maximum absolute atomic E-state index is 6.04. The number of nitrogens with zero attached hydrogens (tertiary/aromatic N) is 2. The van der Waals surface area contributed by atoms with Gasteiger partial charge in [-0.25, -0.2) is 0 Å². The highest BCUT2D eigenvalue weighted by Crippen LogP contribution is 2.39. The van der Waals surface area contributed by atoms with Gasteiger partial charge >= 0.3 is 0 Å². The molecule has 1 aliphatic heterocycles. The van der Waals surface area contributed by atoms with Crippen molar-refractivity contribution < 1.29 is 4.74 Å². The van der Waals surface area contributed by atoms with Crippen LogP contribution in [0.2, 0.25) is 0 Å². The number of hydrogen-bond donors (Lipinski definition) is 0. The zero-order valence-corrected chi connectivity index (χ0v) is 15.3. The molecule has 130 valence electrons. The summed E-state index contributed by atoms with van der Waals surface area (Å²) in [4.78, 5) is 2.46. The lowest BCUT2D eigenvalue weighted by Gasteiger charge is -2.40. The molecule has 0 radical (unpaired) electrons. The van der Waals surface area contributed by atoms with Gasteiger partial charge in [0.05, 0.1) is 6.54 Å². The van der Waals surface area contributed by atoms with E-state index in [0.29, 0.717) is 6.61 Å². The Morgan fingerprint density at radius 3 is 2.80 bits per heavy atom. The molecule has 0 fully saturated rings. The van der Waals surface area contributed by atoms with E-state index >= 15 is 0 Å². The summed E-state index contributed by atoms with van der Waals surface area (Å²) < 4.78 is 8.17. The lowest BCUT2D eigenvalue weighted by molar-refractivity contribution is 0.319. The quantitative estimate of drug-likeness (QED) is 0.685. The van der Waals surface area contributed by atoms with Crippen LogP contribution in [-0.4, -0.2) is 24.3 Å². The Labute approximate surface area is 149 Å². The van der Waals surface area contributed by atoms with Crippen LogP contribution in [0.1, 0.15) is 25.8 Å². The highest BCUT2D eigenvalue weighted by Gasteiger charge is 2.30. The summed E-state index contributed by atoms with van der Waals surface area (Å²) in [6, 6.07) is 17.2. The molecule has 4 rings (SSSR count). The Morgan fingerprint density at radius 2 is 1.92 bits per heavy atom. The third kappa shape index (κ3) is 2.99. The van der Waals surface area contributed by atoms with Gasteiger partial charge in [0.1, 0.15) is 12.4 Å². The molecule has 2 aromatic carbocycles. The highest BCUT2D eigenvalue weighted by atomic mass is 16.5. The number of para-hydroxylation sites is 1. The molecule has 0 saturated heterocycles. The van der Waals surface area contributed by atoms with Gasteiger partial charge in [0, 0.05) is 36.4 Å². The summed E-state index contributed by atoms with van der Waals surface area (Å²) in [7, 11) is 2.07. The van der Waals surface area contributed by atoms with E-state index in [1.807, 2.05) is 0 Å². The number of anilines is 1. The van der Waals surface area contributed by atoms with Crippen LogP contribution in [0.3, 0.4) is 0 Å². The van der Waals surface area contributed by atoms with Crippen LogP contribution < -0.4 is 9.64 Å². The second-order valence-electron chi connectivity index (χ2n) is 7.63. The molecule has 0 amide bonds. The van der Waals surface area contributed by atoms with Crippen molar-refractivity contribution in [2.75, 3.05) is 24.6 Å². The molecule has 3 nitrogen and oxygen atoms in total. The summed E-state index contributed by atoms with van der Waals surface area (Å²) in [6.07, 6.45) is 3.26. The Balaban J connectivity index is 1.44. The fraction of sp³-hybridized carbons (Fsp3) is 0.364. The zero-order chi connectivity index (χ0) is 17.4. The zero-order valence-electron chi connectivity index (χ0n) is 15.3. The van der Waals surface area contributed by atoms with Crippen molar-refractivity contribution in [3.05, 3.63) is 60.3 Å². The molecular formula is C22H26N2O. The van der Waals surface area contributed by atoms with Crippen LogP contribution >= 0.6 is 0 Å². The van der Waals surface area contributed by atoms with E-state index in [1.165, 1.54) is 28.6 Å². The maximum Gasteiger partial charge on any atom is 0.120 e. The largest absolute Gasteiger partial charge is 0.492 e. The van der Waals surface area contributed by atoms with Crippen molar-refractivity contribution in [3.8, 4) is 5.75 Å². The van der Waals surface area contributed by atoms with E-state index < -0.39 is 0 Å². The van der Waals surface area contributed by atoms with Gasteiger partial charge in [0.2, 0.25) is 0 Å². The molecule has 0 aliphatic carbocycles. The topological polar surface area (TPSA) is 17.4 Å². The first-order valence-electron chi connectivity index (χ1n) is 9.07. The van der Waals surface area contributed by atoms with Crippen molar-refractivity contribution in [1.29, 1.82) is 0 Å². The Morgan fingerprint density at radius 1 is 1.08 bits per heavy atom. The summed E-state index contributed by atoms with van der Waals surface area (Å²) >= 11 is 0. The van der Waals surface area contributed by atoms with Crippen LogP contribution in [0, 0.1) is 0 Å². The smallest absolute Gasteiger partial charge is 0.120 e. The Kier molecular flexibility index (Phi) is 3.95. The van der Waals surface area contributed by atoms with Gasteiger partial charge in [-0.15, -0.1) is 0 Å². The summed E-state index contributed by atoms with van der Waals surface area (Å²) in [5.41, 5.74) is 4.30. The summed E-state index contributed by atoms with van der Waals surface area (Å²) in [6.45, 7) is 7.39. The fourth-order valence-corrected chi connectivity index (χ4v) is 3.85. The number of rotatable bonds is 4. The van der Waals surface area contributed by atoms with Gasteiger partial charge in [-0.2, -0.15) is 0 Å². The van der Waals surface area contributed by atoms with E-state index in [4.69, 9.17) is 4.74 Å². The molecule has 0 N–H and O–H groups in total. The van der Waals surface area contributed by atoms with Crippen molar-refractivity contribution in [2.45, 2.75) is 25.7 Å². The summed E-state index contributed by atoms with van der Waals surface area (Å²) in [5.74, 6) is 0.948. The van der Waals surface area contributed by atoms with Gasteiger partial charge in [-0.3, -0.25) is 0 Å². The number of benzene rings is 2. The molecule has 3 heteroatoms. The average molecular weight is 334 g/mol. The first-order chi connectivity index (χ1) is 12.0. The molecule has 1 aliphatic rings.